The van der Waals surface area contributed by atoms with Crippen molar-refractivity contribution in [3.05, 3.63) is 43.0 Å². The Kier molecular flexibility index (Phi) is 4.65. The second-order valence-corrected chi connectivity index (χ2v) is 3.90. The van der Waals surface area contributed by atoms with Crippen LogP contribution < -0.4 is 0 Å². The lowest BCUT2D eigenvalue weighted by Gasteiger charge is -2.06. The molecular formula is C11H14OS. The van der Waals surface area contributed by atoms with Crippen molar-refractivity contribution in [2.45, 2.75) is 17.4 Å². The average molecular weight is 194 g/mol. The highest BCUT2D eigenvalue weighted by molar-refractivity contribution is 7.99. The van der Waals surface area contributed by atoms with E-state index >= 15 is 0 Å². The quantitative estimate of drug-likeness (QED) is 0.574. The minimum Gasteiger partial charge on any atom is -0.392 e. The molecule has 0 aromatic heterocycles. The van der Waals surface area contributed by atoms with Crippen molar-refractivity contribution in [3.8, 4) is 0 Å². The van der Waals surface area contributed by atoms with Crippen molar-refractivity contribution in [3.63, 3.8) is 0 Å². The van der Waals surface area contributed by atoms with E-state index in [0.29, 0.717) is 6.42 Å². The van der Waals surface area contributed by atoms with Gasteiger partial charge in [-0.2, -0.15) is 0 Å². The predicted molar refractivity (Wildman–Crippen MR) is 58.0 cm³/mol. The Morgan fingerprint density at radius 2 is 2.08 bits per heavy atom. The van der Waals surface area contributed by atoms with E-state index in [4.69, 9.17) is 0 Å². The molecule has 0 aliphatic heterocycles. The van der Waals surface area contributed by atoms with Gasteiger partial charge in [0.15, 0.2) is 0 Å². The van der Waals surface area contributed by atoms with Crippen LogP contribution in [-0.2, 0) is 0 Å². The van der Waals surface area contributed by atoms with Crippen LogP contribution in [0.1, 0.15) is 6.42 Å². The summed E-state index contributed by atoms with van der Waals surface area (Å²) in [5.74, 6) is 0.732. The van der Waals surface area contributed by atoms with E-state index in [1.807, 2.05) is 30.3 Å². The van der Waals surface area contributed by atoms with Crippen molar-refractivity contribution in [2.75, 3.05) is 5.75 Å². The zero-order valence-electron chi connectivity index (χ0n) is 7.52. The molecule has 1 N–H and O–H groups in total. The maximum absolute atomic E-state index is 9.42. The Hall–Kier alpha value is -0.730. The fourth-order valence-corrected chi connectivity index (χ4v) is 1.84. The third-order valence-corrected chi connectivity index (χ3v) is 2.78. The molecule has 13 heavy (non-hydrogen) atoms. The van der Waals surface area contributed by atoms with Gasteiger partial charge in [-0.3, -0.25) is 0 Å². The summed E-state index contributed by atoms with van der Waals surface area (Å²) in [6, 6.07) is 10.1. The van der Waals surface area contributed by atoms with Gasteiger partial charge in [0.1, 0.15) is 0 Å². The molecule has 1 nitrogen and oxygen atoms in total. The summed E-state index contributed by atoms with van der Waals surface area (Å²) in [5.41, 5.74) is 0. The molecule has 70 valence electrons. The molecule has 1 atom stereocenters. The molecule has 0 unspecified atom stereocenters. The second-order valence-electron chi connectivity index (χ2n) is 2.80. The van der Waals surface area contributed by atoms with Crippen LogP contribution in [0.15, 0.2) is 47.9 Å². The highest BCUT2D eigenvalue weighted by Crippen LogP contribution is 2.18. The Bertz CT molecular complexity index is 246. The SMILES string of the molecule is C=CC[C@H](O)CSc1ccccc1. The van der Waals surface area contributed by atoms with Crippen LogP contribution in [0.4, 0.5) is 0 Å². The molecule has 0 bridgehead atoms. The topological polar surface area (TPSA) is 20.2 Å². The van der Waals surface area contributed by atoms with Gasteiger partial charge in [-0.05, 0) is 18.6 Å². The number of aliphatic hydroxyl groups excluding tert-OH is 1. The minimum absolute atomic E-state index is 0.275. The van der Waals surface area contributed by atoms with Gasteiger partial charge < -0.3 is 5.11 Å². The van der Waals surface area contributed by atoms with Crippen LogP contribution in [-0.4, -0.2) is 17.0 Å². The summed E-state index contributed by atoms with van der Waals surface area (Å²) in [7, 11) is 0. The van der Waals surface area contributed by atoms with Crippen LogP contribution in [0, 0.1) is 0 Å². The van der Waals surface area contributed by atoms with E-state index in [-0.39, 0.29) is 6.10 Å². The van der Waals surface area contributed by atoms with Crippen LogP contribution in [0.3, 0.4) is 0 Å². The number of rotatable bonds is 5. The summed E-state index contributed by atoms with van der Waals surface area (Å²) in [6.07, 6.45) is 2.14. The molecule has 0 saturated carbocycles. The third-order valence-electron chi connectivity index (χ3n) is 1.62. The first-order chi connectivity index (χ1) is 6.33. The largest absolute Gasteiger partial charge is 0.392 e. The Labute approximate surface area is 83.5 Å². The molecule has 0 aliphatic carbocycles. The lowest BCUT2D eigenvalue weighted by molar-refractivity contribution is 0.203. The molecule has 0 spiro atoms. The van der Waals surface area contributed by atoms with Gasteiger partial charge >= 0.3 is 0 Å². The van der Waals surface area contributed by atoms with E-state index in [1.54, 1.807) is 17.8 Å². The molecule has 1 rings (SSSR count). The smallest absolute Gasteiger partial charge is 0.0668 e. The van der Waals surface area contributed by atoms with E-state index in [9.17, 15) is 5.11 Å². The van der Waals surface area contributed by atoms with Gasteiger partial charge in [0.25, 0.3) is 0 Å². The molecule has 0 radical (unpaired) electrons. The molecular weight excluding hydrogens is 180 g/mol. The lowest BCUT2D eigenvalue weighted by atomic mass is 10.3. The van der Waals surface area contributed by atoms with Gasteiger partial charge in [0.2, 0.25) is 0 Å². The molecule has 1 aromatic rings. The Balaban J connectivity index is 2.30. The van der Waals surface area contributed by atoms with Gasteiger partial charge in [0.05, 0.1) is 6.10 Å². The zero-order valence-corrected chi connectivity index (χ0v) is 8.33. The van der Waals surface area contributed by atoms with Gasteiger partial charge in [-0.25, -0.2) is 0 Å². The Morgan fingerprint density at radius 3 is 2.69 bits per heavy atom. The fourth-order valence-electron chi connectivity index (χ4n) is 0.970. The van der Waals surface area contributed by atoms with E-state index in [2.05, 4.69) is 6.58 Å². The van der Waals surface area contributed by atoms with Crippen molar-refractivity contribution in [1.29, 1.82) is 0 Å². The average Bonchev–Trinajstić information content (AvgIpc) is 2.17. The van der Waals surface area contributed by atoms with Gasteiger partial charge in [-0.1, -0.05) is 24.3 Å². The molecule has 0 heterocycles. The second kappa shape index (κ2) is 5.84. The monoisotopic (exact) mass is 194 g/mol. The van der Waals surface area contributed by atoms with Crippen LogP contribution in [0.25, 0.3) is 0 Å². The minimum atomic E-state index is -0.275. The maximum Gasteiger partial charge on any atom is 0.0668 e. The highest BCUT2D eigenvalue weighted by Gasteiger charge is 2.01. The molecule has 2 heteroatoms. The molecule has 0 saturated heterocycles. The zero-order chi connectivity index (χ0) is 9.52. The first-order valence-corrected chi connectivity index (χ1v) is 5.28. The van der Waals surface area contributed by atoms with Crippen molar-refractivity contribution < 1.29 is 5.11 Å². The predicted octanol–water partition coefficient (Wildman–Crippen LogP) is 2.72. The number of thioether (sulfide) groups is 1. The Morgan fingerprint density at radius 1 is 1.38 bits per heavy atom. The molecule has 0 amide bonds. The summed E-state index contributed by atoms with van der Waals surface area (Å²) < 4.78 is 0. The van der Waals surface area contributed by atoms with Crippen LogP contribution >= 0.6 is 11.8 Å². The first kappa shape index (κ1) is 10.4. The van der Waals surface area contributed by atoms with E-state index in [0.717, 1.165) is 5.75 Å². The number of benzene rings is 1. The summed E-state index contributed by atoms with van der Waals surface area (Å²) >= 11 is 1.67. The summed E-state index contributed by atoms with van der Waals surface area (Å²) in [5, 5.41) is 9.42. The van der Waals surface area contributed by atoms with Crippen molar-refractivity contribution in [1.82, 2.24) is 0 Å². The summed E-state index contributed by atoms with van der Waals surface area (Å²) in [6.45, 7) is 3.59. The fraction of sp³-hybridized carbons (Fsp3) is 0.273. The lowest BCUT2D eigenvalue weighted by Crippen LogP contribution is -2.07. The van der Waals surface area contributed by atoms with Crippen LogP contribution in [0.5, 0.6) is 0 Å². The number of aliphatic hydroxyl groups is 1. The summed E-state index contributed by atoms with van der Waals surface area (Å²) in [4.78, 5) is 1.20. The van der Waals surface area contributed by atoms with Crippen molar-refractivity contribution in [2.24, 2.45) is 0 Å². The number of hydrogen-bond acceptors (Lipinski definition) is 2. The maximum atomic E-state index is 9.42. The molecule has 0 fully saturated rings. The van der Waals surface area contributed by atoms with Gasteiger partial charge in [-0.15, -0.1) is 18.3 Å². The molecule has 0 aliphatic rings. The molecule has 1 aromatic carbocycles. The highest BCUT2D eigenvalue weighted by atomic mass is 32.2. The van der Waals surface area contributed by atoms with Crippen LogP contribution in [0.2, 0.25) is 0 Å². The normalized spacial score (nSPS) is 12.4. The number of hydrogen-bond donors (Lipinski definition) is 1. The first-order valence-electron chi connectivity index (χ1n) is 4.29. The van der Waals surface area contributed by atoms with Gasteiger partial charge in [0, 0.05) is 10.6 Å². The van der Waals surface area contributed by atoms with Crippen molar-refractivity contribution >= 4 is 11.8 Å². The van der Waals surface area contributed by atoms with E-state index < -0.39 is 0 Å². The van der Waals surface area contributed by atoms with E-state index in [1.165, 1.54) is 4.90 Å². The standard InChI is InChI=1S/C11H14OS/c1-2-6-10(12)9-13-11-7-4-3-5-8-11/h2-5,7-8,10,12H,1,6,9H2/t10-/m0/s1. The third kappa shape index (κ3) is 4.15.